The van der Waals surface area contributed by atoms with Crippen LogP contribution >= 0.6 is 0 Å². The van der Waals surface area contributed by atoms with Crippen LogP contribution in [0, 0.1) is 0 Å². The van der Waals surface area contributed by atoms with Gasteiger partial charge in [0.2, 0.25) is 5.88 Å². The third-order valence-corrected chi connectivity index (χ3v) is 4.38. The van der Waals surface area contributed by atoms with E-state index in [4.69, 9.17) is 9.47 Å². The maximum Gasteiger partial charge on any atom is 0.306 e. The zero-order valence-corrected chi connectivity index (χ0v) is 16.0. The van der Waals surface area contributed by atoms with Gasteiger partial charge in [0.25, 0.3) is 5.91 Å². The molecule has 146 valence electrons. The Bertz CT molecular complexity index is 766. The van der Waals surface area contributed by atoms with E-state index in [2.05, 4.69) is 4.98 Å². The Kier molecular flexibility index (Phi) is 5.48. The summed E-state index contributed by atoms with van der Waals surface area (Å²) in [6.07, 6.45) is 2.84. The van der Waals surface area contributed by atoms with Crippen LogP contribution in [0.4, 0.5) is 4.39 Å². The number of carbonyl (C=O) groups excluding carboxylic acids is 2. The molecule has 0 aromatic carbocycles. The molecular weight excluding hydrogens is 351 g/mol. The van der Waals surface area contributed by atoms with E-state index in [1.807, 2.05) is 4.90 Å². The second-order valence-corrected chi connectivity index (χ2v) is 7.95. The molecule has 1 aromatic heterocycles. The fraction of sp³-hybridized carbons (Fsp3) is 0.550. The summed E-state index contributed by atoms with van der Waals surface area (Å²) in [6, 6.07) is 3.67. The zero-order chi connectivity index (χ0) is 19.6. The Morgan fingerprint density at radius 2 is 2.07 bits per heavy atom. The van der Waals surface area contributed by atoms with E-state index >= 15 is 0 Å². The van der Waals surface area contributed by atoms with Gasteiger partial charge in [-0.1, -0.05) is 0 Å². The Balaban J connectivity index is 1.51. The van der Waals surface area contributed by atoms with E-state index in [0.29, 0.717) is 41.6 Å². The van der Waals surface area contributed by atoms with Crippen LogP contribution in [-0.2, 0) is 16.1 Å². The number of fused-ring (bicyclic) bond motifs is 1. The molecule has 0 radical (unpaired) electrons. The topological polar surface area (TPSA) is 68.7 Å². The highest BCUT2D eigenvalue weighted by atomic mass is 19.1. The van der Waals surface area contributed by atoms with Gasteiger partial charge in [-0.2, -0.15) is 0 Å². The number of aromatic nitrogens is 1. The second kappa shape index (κ2) is 7.66. The molecule has 1 saturated carbocycles. The molecular formula is C20H25FN2O4. The molecule has 27 heavy (non-hydrogen) atoms. The lowest BCUT2D eigenvalue weighted by molar-refractivity contribution is -0.154. The van der Waals surface area contributed by atoms with Gasteiger partial charge in [-0.05, 0) is 51.7 Å². The second-order valence-electron chi connectivity index (χ2n) is 7.95. The van der Waals surface area contributed by atoms with Crippen molar-refractivity contribution in [2.75, 3.05) is 6.61 Å². The van der Waals surface area contributed by atoms with Crippen LogP contribution in [0.5, 0.6) is 5.88 Å². The number of esters is 1. The summed E-state index contributed by atoms with van der Waals surface area (Å²) in [4.78, 5) is 30.3. The number of pyridine rings is 1. The molecule has 0 saturated heterocycles. The average Bonchev–Trinajstić information content (AvgIpc) is 3.38. The fourth-order valence-electron chi connectivity index (χ4n) is 2.93. The van der Waals surface area contributed by atoms with Crippen molar-refractivity contribution in [2.24, 2.45) is 0 Å². The standard InChI is InChI=1S/C20H25FN2O4/c1-20(2,3)27-18(24)9-4-13(10-21)12-26-17-8-7-15-16(22-17)11-23(19(15)25)14-5-6-14/h7-8,10,14H,4-6,9,11-12H2,1-3H3/b13-10+. The van der Waals surface area contributed by atoms with Crippen molar-refractivity contribution >= 4 is 11.9 Å². The van der Waals surface area contributed by atoms with Gasteiger partial charge >= 0.3 is 5.97 Å². The maximum absolute atomic E-state index is 13.1. The largest absolute Gasteiger partial charge is 0.473 e. The summed E-state index contributed by atoms with van der Waals surface area (Å²) in [7, 11) is 0. The maximum atomic E-state index is 13.1. The van der Waals surface area contributed by atoms with Crippen LogP contribution in [0.2, 0.25) is 0 Å². The van der Waals surface area contributed by atoms with Crippen molar-refractivity contribution in [3.63, 3.8) is 0 Å². The van der Waals surface area contributed by atoms with E-state index in [1.54, 1.807) is 32.9 Å². The number of carbonyl (C=O) groups is 2. The van der Waals surface area contributed by atoms with E-state index < -0.39 is 5.60 Å². The highest BCUT2D eigenvalue weighted by Crippen LogP contribution is 2.34. The van der Waals surface area contributed by atoms with Gasteiger partial charge in [0.15, 0.2) is 0 Å². The van der Waals surface area contributed by atoms with Crippen molar-refractivity contribution in [3.8, 4) is 5.88 Å². The van der Waals surface area contributed by atoms with Gasteiger partial charge in [-0.3, -0.25) is 9.59 Å². The van der Waals surface area contributed by atoms with Gasteiger partial charge in [-0.25, -0.2) is 9.37 Å². The number of hydrogen-bond donors (Lipinski definition) is 0. The van der Waals surface area contributed by atoms with Gasteiger partial charge in [0.05, 0.1) is 24.1 Å². The van der Waals surface area contributed by atoms with Gasteiger partial charge < -0.3 is 14.4 Å². The van der Waals surface area contributed by atoms with E-state index in [-0.39, 0.29) is 31.3 Å². The fourth-order valence-corrected chi connectivity index (χ4v) is 2.93. The molecule has 3 rings (SSSR count). The minimum atomic E-state index is -0.562. The molecule has 0 bridgehead atoms. The molecule has 1 amide bonds. The Labute approximate surface area is 158 Å². The molecule has 1 fully saturated rings. The highest BCUT2D eigenvalue weighted by Gasteiger charge is 2.39. The smallest absolute Gasteiger partial charge is 0.306 e. The molecule has 0 atom stereocenters. The molecule has 7 heteroatoms. The normalized spacial score (nSPS) is 17.1. The predicted molar refractivity (Wildman–Crippen MR) is 96.9 cm³/mol. The Morgan fingerprint density at radius 1 is 1.33 bits per heavy atom. The van der Waals surface area contributed by atoms with Crippen LogP contribution in [0.3, 0.4) is 0 Å². The number of hydrogen-bond acceptors (Lipinski definition) is 5. The first-order valence-corrected chi connectivity index (χ1v) is 9.20. The number of halogens is 1. The van der Waals surface area contributed by atoms with Gasteiger partial charge in [-0.15, -0.1) is 0 Å². The molecule has 6 nitrogen and oxygen atoms in total. The summed E-state index contributed by atoms with van der Waals surface area (Å²) in [5.74, 6) is -0.0137. The van der Waals surface area contributed by atoms with Crippen molar-refractivity contribution in [2.45, 2.75) is 64.6 Å². The van der Waals surface area contributed by atoms with Crippen LogP contribution in [0.15, 0.2) is 24.0 Å². The Morgan fingerprint density at radius 3 is 2.70 bits per heavy atom. The lowest BCUT2D eigenvalue weighted by Crippen LogP contribution is -2.25. The minimum absolute atomic E-state index is 0.00856. The number of nitrogens with zero attached hydrogens (tertiary/aromatic N) is 2. The van der Waals surface area contributed by atoms with Gasteiger partial charge in [0, 0.05) is 18.5 Å². The average molecular weight is 376 g/mol. The lowest BCUT2D eigenvalue weighted by Gasteiger charge is -2.19. The molecule has 1 aliphatic heterocycles. The summed E-state index contributed by atoms with van der Waals surface area (Å²) < 4.78 is 23.9. The zero-order valence-electron chi connectivity index (χ0n) is 16.0. The number of ether oxygens (including phenoxy) is 2. The molecule has 2 aliphatic rings. The first-order valence-electron chi connectivity index (χ1n) is 9.20. The molecule has 2 heterocycles. The van der Waals surface area contributed by atoms with E-state index in [9.17, 15) is 14.0 Å². The summed E-state index contributed by atoms with van der Waals surface area (Å²) in [6.45, 7) is 5.85. The molecule has 0 N–H and O–H groups in total. The van der Waals surface area contributed by atoms with Crippen LogP contribution in [0.1, 0.15) is 62.5 Å². The van der Waals surface area contributed by atoms with Crippen LogP contribution in [0.25, 0.3) is 0 Å². The highest BCUT2D eigenvalue weighted by molar-refractivity contribution is 5.98. The number of rotatable bonds is 7. The summed E-state index contributed by atoms with van der Waals surface area (Å²) >= 11 is 0. The molecule has 0 unspecified atom stereocenters. The van der Waals surface area contributed by atoms with Crippen molar-refractivity contribution in [1.82, 2.24) is 9.88 Å². The van der Waals surface area contributed by atoms with Gasteiger partial charge in [0.1, 0.15) is 12.2 Å². The quantitative estimate of drug-likeness (QED) is 0.681. The van der Waals surface area contributed by atoms with Crippen LogP contribution < -0.4 is 4.74 Å². The minimum Gasteiger partial charge on any atom is -0.473 e. The van der Waals surface area contributed by atoms with Crippen LogP contribution in [-0.4, -0.2) is 40.0 Å². The first kappa shape index (κ1) is 19.3. The predicted octanol–water partition coefficient (Wildman–Crippen LogP) is 3.55. The van der Waals surface area contributed by atoms with Crippen molar-refractivity contribution in [3.05, 3.63) is 35.3 Å². The third kappa shape index (κ3) is 5.05. The Hall–Kier alpha value is -2.44. The molecule has 1 aromatic rings. The third-order valence-electron chi connectivity index (χ3n) is 4.38. The monoisotopic (exact) mass is 376 g/mol. The summed E-state index contributed by atoms with van der Waals surface area (Å²) in [5.41, 5.74) is 1.09. The van der Waals surface area contributed by atoms with Crippen molar-refractivity contribution < 1.29 is 23.5 Å². The lowest BCUT2D eigenvalue weighted by atomic mass is 10.1. The summed E-state index contributed by atoms with van der Waals surface area (Å²) in [5, 5.41) is 0. The molecule has 0 spiro atoms. The SMILES string of the molecule is CC(C)(C)OC(=O)CC/C(=C\F)COc1ccc2c(n1)CN(C1CC1)C2=O. The van der Waals surface area contributed by atoms with Crippen molar-refractivity contribution in [1.29, 1.82) is 0 Å². The molecule has 1 aliphatic carbocycles. The first-order chi connectivity index (χ1) is 12.8. The number of amides is 1. The van der Waals surface area contributed by atoms with E-state index in [0.717, 1.165) is 12.8 Å². The van der Waals surface area contributed by atoms with E-state index in [1.165, 1.54) is 0 Å².